The first-order chi connectivity index (χ1) is 14.3. The number of rotatable bonds is 3. The Kier molecular flexibility index (Phi) is 6.10. The molecule has 2 N–H and O–H groups in total. The SMILES string of the molecule is N#Cc1nn(-c2c(Cl)cc(C(F)(F)F)cc2Cl)c(N)c1Sc1cccc(C(F)(F)F)c1. The lowest BCUT2D eigenvalue weighted by Crippen LogP contribution is -2.08. The number of nitrogens with zero attached hydrogens (tertiary/aromatic N) is 3. The molecule has 0 aliphatic carbocycles. The van der Waals surface area contributed by atoms with E-state index >= 15 is 0 Å². The zero-order valence-corrected chi connectivity index (χ0v) is 17.1. The van der Waals surface area contributed by atoms with E-state index in [1.54, 1.807) is 6.07 Å². The van der Waals surface area contributed by atoms with E-state index in [1.807, 2.05) is 0 Å². The fourth-order valence-corrected chi connectivity index (χ4v) is 4.14. The van der Waals surface area contributed by atoms with E-state index in [2.05, 4.69) is 5.10 Å². The van der Waals surface area contributed by atoms with Gasteiger partial charge < -0.3 is 5.73 Å². The monoisotopic (exact) mass is 496 g/mol. The van der Waals surface area contributed by atoms with Gasteiger partial charge in [-0.1, -0.05) is 41.0 Å². The summed E-state index contributed by atoms with van der Waals surface area (Å²) in [6.07, 6.45) is -9.28. The van der Waals surface area contributed by atoms with Crippen molar-refractivity contribution >= 4 is 40.8 Å². The van der Waals surface area contributed by atoms with Crippen molar-refractivity contribution in [3.63, 3.8) is 0 Å². The second kappa shape index (κ2) is 8.18. The fourth-order valence-electron chi connectivity index (χ4n) is 2.55. The van der Waals surface area contributed by atoms with Gasteiger partial charge in [-0.2, -0.15) is 36.7 Å². The molecule has 0 saturated heterocycles. The standard InChI is InChI=1S/C18H8Cl2F6N4S/c19-11-5-9(18(24,25)26)6-12(20)14(11)30-16(28)15(13(7-27)29-30)31-10-3-1-2-8(4-10)17(21,22)23/h1-6H,28H2. The number of benzene rings is 2. The maximum absolute atomic E-state index is 13.0. The maximum atomic E-state index is 13.0. The minimum atomic E-state index is -4.70. The first-order valence-electron chi connectivity index (χ1n) is 8.03. The van der Waals surface area contributed by atoms with Crippen molar-refractivity contribution in [1.29, 1.82) is 5.26 Å². The van der Waals surface area contributed by atoms with Crippen molar-refractivity contribution in [3.8, 4) is 11.8 Å². The van der Waals surface area contributed by atoms with Gasteiger partial charge in [0.25, 0.3) is 0 Å². The normalized spacial score (nSPS) is 12.1. The number of nitriles is 1. The van der Waals surface area contributed by atoms with Gasteiger partial charge in [-0.3, -0.25) is 0 Å². The van der Waals surface area contributed by atoms with Crippen LogP contribution < -0.4 is 5.73 Å². The smallest absolute Gasteiger partial charge is 0.383 e. The molecule has 4 nitrogen and oxygen atoms in total. The van der Waals surface area contributed by atoms with Crippen LogP contribution in [0.25, 0.3) is 5.69 Å². The molecule has 2 aromatic carbocycles. The number of hydrogen-bond acceptors (Lipinski definition) is 4. The van der Waals surface area contributed by atoms with Crippen LogP contribution in [0.2, 0.25) is 10.0 Å². The van der Waals surface area contributed by atoms with Crippen LogP contribution in [0, 0.1) is 11.3 Å². The van der Waals surface area contributed by atoms with Gasteiger partial charge in [0, 0.05) is 4.90 Å². The molecule has 0 fully saturated rings. The molecule has 13 heteroatoms. The first kappa shape index (κ1) is 23.1. The highest BCUT2D eigenvalue weighted by atomic mass is 35.5. The lowest BCUT2D eigenvalue weighted by Gasteiger charge is -2.13. The summed E-state index contributed by atoms with van der Waals surface area (Å²) in [6, 6.07) is 7.28. The second-order valence-corrected chi connectivity index (χ2v) is 7.90. The molecule has 3 aromatic rings. The Hall–Kier alpha value is -2.55. The molecule has 3 rings (SSSR count). The quantitative estimate of drug-likeness (QED) is 0.404. The Labute approximate surface area is 185 Å². The number of aromatic nitrogens is 2. The van der Waals surface area contributed by atoms with Gasteiger partial charge in [-0.15, -0.1) is 0 Å². The molecule has 1 heterocycles. The predicted molar refractivity (Wildman–Crippen MR) is 103 cm³/mol. The van der Waals surface area contributed by atoms with Crippen molar-refractivity contribution < 1.29 is 26.3 Å². The van der Waals surface area contributed by atoms with E-state index in [4.69, 9.17) is 28.9 Å². The summed E-state index contributed by atoms with van der Waals surface area (Å²) < 4.78 is 78.6. The van der Waals surface area contributed by atoms with Crippen molar-refractivity contribution in [2.45, 2.75) is 22.1 Å². The molecule has 0 unspecified atom stereocenters. The number of nitrogen functional groups attached to an aromatic ring is 1. The van der Waals surface area contributed by atoms with Gasteiger partial charge >= 0.3 is 12.4 Å². The zero-order chi connectivity index (χ0) is 23.1. The lowest BCUT2D eigenvalue weighted by molar-refractivity contribution is -0.138. The summed E-state index contributed by atoms with van der Waals surface area (Å²) in [5.74, 6) is -0.234. The Morgan fingerprint density at radius 1 is 0.968 bits per heavy atom. The van der Waals surface area contributed by atoms with Crippen LogP contribution in [0.3, 0.4) is 0 Å². The average molecular weight is 497 g/mol. The van der Waals surface area contributed by atoms with E-state index in [9.17, 15) is 31.6 Å². The maximum Gasteiger partial charge on any atom is 0.416 e. The Balaban J connectivity index is 2.09. The minimum Gasteiger partial charge on any atom is -0.383 e. The summed E-state index contributed by atoms with van der Waals surface area (Å²) in [5.41, 5.74) is 3.53. The Morgan fingerprint density at radius 3 is 2.06 bits per heavy atom. The second-order valence-electron chi connectivity index (χ2n) is 6.00. The number of hydrogen-bond donors (Lipinski definition) is 1. The van der Waals surface area contributed by atoms with Gasteiger partial charge in [0.15, 0.2) is 5.69 Å². The predicted octanol–water partition coefficient (Wildman–Crippen LogP) is 6.82. The van der Waals surface area contributed by atoms with Gasteiger partial charge in [-0.05, 0) is 30.3 Å². The third-order valence-electron chi connectivity index (χ3n) is 3.92. The summed E-state index contributed by atoms with van der Waals surface area (Å²) >= 11 is 12.7. The third-order valence-corrected chi connectivity index (χ3v) is 5.59. The van der Waals surface area contributed by atoms with E-state index in [0.29, 0.717) is 12.1 Å². The molecule has 0 radical (unpaired) electrons. The minimum absolute atomic E-state index is 0.00569. The highest BCUT2D eigenvalue weighted by Crippen LogP contribution is 2.42. The number of halogens is 8. The first-order valence-corrected chi connectivity index (χ1v) is 9.60. The van der Waals surface area contributed by atoms with Crippen molar-refractivity contribution in [3.05, 3.63) is 63.3 Å². The van der Waals surface area contributed by atoms with Gasteiger partial charge in [0.05, 0.1) is 26.1 Å². The van der Waals surface area contributed by atoms with Gasteiger partial charge in [0.1, 0.15) is 17.6 Å². The van der Waals surface area contributed by atoms with Crippen LogP contribution in [0.1, 0.15) is 16.8 Å². The zero-order valence-electron chi connectivity index (χ0n) is 14.8. The lowest BCUT2D eigenvalue weighted by atomic mass is 10.2. The highest BCUT2D eigenvalue weighted by Gasteiger charge is 2.33. The number of nitrogens with two attached hydrogens (primary N) is 1. The summed E-state index contributed by atoms with van der Waals surface area (Å²) in [7, 11) is 0. The molecule has 0 spiro atoms. The Morgan fingerprint density at radius 2 is 1.55 bits per heavy atom. The topological polar surface area (TPSA) is 67.6 Å². The molecule has 0 saturated carbocycles. The highest BCUT2D eigenvalue weighted by molar-refractivity contribution is 7.99. The van der Waals surface area contributed by atoms with Crippen LogP contribution in [-0.2, 0) is 12.4 Å². The fraction of sp³-hybridized carbons (Fsp3) is 0.111. The third kappa shape index (κ3) is 4.71. The van der Waals surface area contributed by atoms with Crippen LogP contribution in [0.15, 0.2) is 46.2 Å². The van der Waals surface area contributed by atoms with Gasteiger partial charge in [-0.25, -0.2) is 4.68 Å². The van der Waals surface area contributed by atoms with Crippen molar-refractivity contribution in [1.82, 2.24) is 9.78 Å². The number of anilines is 1. The van der Waals surface area contributed by atoms with E-state index in [-0.39, 0.29) is 27.0 Å². The van der Waals surface area contributed by atoms with Crippen LogP contribution in [0.4, 0.5) is 32.2 Å². The molecule has 0 aliphatic heterocycles. The number of alkyl halides is 6. The molecule has 162 valence electrons. The molecule has 0 atom stereocenters. The van der Waals surface area contributed by atoms with Gasteiger partial charge in [0.2, 0.25) is 0 Å². The largest absolute Gasteiger partial charge is 0.416 e. The van der Waals surface area contributed by atoms with Crippen LogP contribution >= 0.6 is 35.0 Å². The molecular formula is C18H8Cl2F6N4S. The summed E-state index contributed by atoms with van der Waals surface area (Å²) in [4.78, 5) is 0.107. The van der Waals surface area contributed by atoms with E-state index in [0.717, 1.165) is 28.6 Å². The van der Waals surface area contributed by atoms with E-state index in [1.165, 1.54) is 12.1 Å². The molecule has 1 aromatic heterocycles. The van der Waals surface area contributed by atoms with Crippen molar-refractivity contribution in [2.24, 2.45) is 0 Å². The van der Waals surface area contributed by atoms with Crippen LogP contribution in [-0.4, -0.2) is 9.78 Å². The van der Waals surface area contributed by atoms with Crippen LogP contribution in [0.5, 0.6) is 0 Å². The molecule has 0 aliphatic rings. The molecule has 0 amide bonds. The summed E-state index contributed by atoms with van der Waals surface area (Å²) in [6.45, 7) is 0. The molecule has 31 heavy (non-hydrogen) atoms. The Bertz CT molecular complexity index is 1170. The van der Waals surface area contributed by atoms with E-state index < -0.39 is 33.5 Å². The summed E-state index contributed by atoms with van der Waals surface area (Å²) in [5, 5.41) is 12.4. The molecular weight excluding hydrogens is 489 g/mol. The molecule has 0 bridgehead atoms. The average Bonchev–Trinajstić information content (AvgIpc) is 2.96. The van der Waals surface area contributed by atoms with Crippen molar-refractivity contribution in [2.75, 3.05) is 5.73 Å².